The van der Waals surface area contributed by atoms with E-state index in [1.165, 1.54) is 11.1 Å². The summed E-state index contributed by atoms with van der Waals surface area (Å²) in [7, 11) is 0. The second-order valence-corrected chi connectivity index (χ2v) is 8.53. The molecule has 0 spiro atoms. The Bertz CT molecular complexity index is 772. The third kappa shape index (κ3) is 5.15. The molecule has 152 valence electrons. The maximum Gasteiger partial charge on any atom is 0.313 e. The Labute approximate surface area is 170 Å². The van der Waals surface area contributed by atoms with Gasteiger partial charge in [-0.25, -0.2) is 0 Å². The van der Waals surface area contributed by atoms with Gasteiger partial charge in [0.2, 0.25) is 0 Å². The second-order valence-electron chi connectivity index (χ2n) is 8.53. The molecule has 1 atom stereocenters. The number of hydrogen-bond acceptors (Lipinski definition) is 3. The van der Waals surface area contributed by atoms with Crippen LogP contribution in [0.5, 0.6) is 11.5 Å². The number of esters is 1. The SMILES string of the molecule is CCC(C)(C)Oc1ccc(C(C)(CC)c2ccc(OC(=O)C(C)C)cc2)cc1. The van der Waals surface area contributed by atoms with Gasteiger partial charge in [-0.2, -0.15) is 0 Å². The van der Waals surface area contributed by atoms with E-state index in [2.05, 4.69) is 71.0 Å². The third-order valence-corrected chi connectivity index (χ3v) is 5.63. The number of benzene rings is 2. The van der Waals surface area contributed by atoms with Crippen LogP contribution in [-0.2, 0) is 10.2 Å². The van der Waals surface area contributed by atoms with Crippen molar-refractivity contribution in [2.45, 2.75) is 72.3 Å². The van der Waals surface area contributed by atoms with Crippen LogP contribution in [0.25, 0.3) is 0 Å². The molecule has 28 heavy (non-hydrogen) atoms. The van der Waals surface area contributed by atoms with Crippen LogP contribution in [0.4, 0.5) is 0 Å². The van der Waals surface area contributed by atoms with E-state index in [1.54, 1.807) is 0 Å². The van der Waals surface area contributed by atoms with Crippen LogP contribution in [0.3, 0.4) is 0 Å². The van der Waals surface area contributed by atoms with Crippen molar-refractivity contribution in [1.82, 2.24) is 0 Å². The lowest BCUT2D eigenvalue weighted by Gasteiger charge is -2.31. The maximum absolute atomic E-state index is 11.8. The lowest BCUT2D eigenvalue weighted by molar-refractivity contribution is -0.137. The molecule has 2 rings (SSSR count). The van der Waals surface area contributed by atoms with Crippen molar-refractivity contribution >= 4 is 5.97 Å². The molecular weight excluding hydrogens is 348 g/mol. The van der Waals surface area contributed by atoms with Crippen LogP contribution in [0.15, 0.2) is 48.5 Å². The summed E-state index contributed by atoms with van der Waals surface area (Å²) in [6.45, 7) is 14.4. The Morgan fingerprint density at radius 1 is 0.821 bits per heavy atom. The largest absolute Gasteiger partial charge is 0.488 e. The van der Waals surface area contributed by atoms with Crippen molar-refractivity contribution in [2.75, 3.05) is 0 Å². The predicted octanol–water partition coefficient (Wildman–Crippen LogP) is 6.53. The molecule has 3 heteroatoms. The monoisotopic (exact) mass is 382 g/mol. The number of ether oxygens (including phenoxy) is 2. The number of rotatable bonds is 8. The molecule has 0 bridgehead atoms. The standard InChI is InChI=1S/C25H34O3/c1-8-24(5,6)28-22-16-12-20(13-17-22)25(7,9-2)19-10-14-21(15-11-19)27-23(26)18(3)4/h10-18H,8-9H2,1-7H3. The molecule has 2 aromatic rings. The molecule has 0 aromatic heterocycles. The predicted molar refractivity (Wildman–Crippen MR) is 115 cm³/mol. The van der Waals surface area contributed by atoms with Crippen molar-refractivity contribution in [3.05, 3.63) is 59.7 Å². The summed E-state index contributed by atoms with van der Waals surface area (Å²) in [5.41, 5.74) is 2.14. The van der Waals surface area contributed by atoms with E-state index in [9.17, 15) is 4.79 Å². The van der Waals surface area contributed by atoms with E-state index in [0.717, 1.165) is 18.6 Å². The summed E-state index contributed by atoms with van der Waals surface area (Å²) in [6.07, 6.45) is 1.91. The van der Waals surface area contributed by atoms with Gasteiger partial charge in [0.15, 0.2) is 0 Å². The zero-order chi connectivity index (χ0) is 20.9. The number of carbonyl (C=O) groups excluding carboxylic acids is 1. The molecule has 0 aliphatic heterocycles. The minimum absolute atomic E-state index is 0.126. The highest BCUT2D eigenvalue weighted by Crippen LogP contribution is 2.37. The minimum atomic E-state index is -0.211. The normalized spacial score (nSPS) is 13.9. The maximum atomic E-state index is 11.8. The molecule has 0 saturated carbocycles. The van der Waals surface area contributed by atoms with E-state index in [0.29, 0.717) is 5.75 Å². The van der Waals surface area contributed by atoms with Crippen LogP contribution in [-0.4, -0.2) is 11.6 Å². The zero-order valence-corrected chi connectivity index (χ0v) is 18.3. The van der Waals surface area contributed by atoms with Gasteiger partial charge in [0.25, 0.3) is 0 Å². The van der Waals surface area contributed by atoms with Gasteiger partial charge < -0.3 is 9.47 Å². The first-order valence-electron chi connectivity index (χ1n) is 10.2. The van der Waals surface area contributed by atoms with Crippen LogP contribution >= 0.6 is 0 Å². The smallest absolute Gasteiger partial charge is 0.313 e. The Balaban J connectivity index is 2.23. The van der Waals surface area contributed by atoms with Crippen LogP contribution < -0.4 is 9.47 Å². The minimum Gasteiger partial charge on any atom is -0.488 e. The molecule has 0 radical (unpaired) electrons. The quantitative estimate of drug-likeness (QED) is 0.384. The molecule has 0 fully saturated rings. The summed E-state index contributed by atoms with van der Waals surface area (Å²) in [6, 6.07) is 16.3. The highest BCUT2D eigenvalue weighted by molar-refractivity contribution is 5.74. The van der Waals surface area contributed by atoms with Crippen LogP contribution in [0.2, 0.25) is 0 Å². The van der Waals surface area contributed by atoms with Gasteiger partial charge >= 0.3 is 5.97 Å². The van der Waals surface area contributed by atoms with E-state index in [-0.39, 0.29) is 22.9 Å². The fourth-order valence-corrected chi connectivity index (χ4v) is 2.98. The molecule has 0 aliphatic carbocycles. The summed E-state index contributed by atoms with van der Waals surface area (Å²) in [4.78, 5) is 11.8. The van der Waals surface area contributed by atoms with Gasteiger partial charge in [0.1, 0.15) is 17.1 Å². The Hall–Kier alpha value is -2.29. The Morgan fingerprint density at radius 2 is 1.29 bits per heavy atom. The van der Waals surface area contributed by atoms with Gasteiger partial charge in [-0.1, -0.05) is 58.9 Å². The summed E-state index contributed by atoms with van der Waals surface area (Å²) in [5.74, 6) is 1.13. The lowest BCUT2D eigenvalue weighted by atomic mass is 9.74. The first kappa shape index (κ1) is 22.0. The van der Waals surface area contributed by atoms with Gasteiger partial charge in [-0.05, 0) is 62.1 Å². The van der Waals surface area contributed by atoms with E-state index in [4.69, 9.17) is 9.47 Å². The Morgan fingerprint density at radius 3 is 1.68 bits per heavy atom. The van der Waals surface area contributed by atoms with Crippen LogP contribution in [0.1, 0.15) is 72.4 Å². The topological polar surface area (TPSA) is 35.5 Å². The average molecular weight is 383 g/mol. The molecular formula is C25H34O3. The highest BCUT2D eigenvalue weighted by atomic mass is 16.5. The van der Waals surface area contributed by atoms with Gasteiger partial charge in [-0.15, -0.1) is 0 Å². The van der Waals surface area contributed by atoms with E-state index < -0.39 is 0 Å². The molecule has 1 unspecified atom stereocenters. The molecule has 0 amide bonds. The van der Waals surface area contributed by atoms with Gasteiger partial charge in [0.05, 0.1) is 5.92 Å². The first-order valence-corrected chi connectivity index (χ1v) is 10.2. The zero-order valence-electron chi connectivity index (χ0n) is 18.3. The summed E-state index contributed by atoms with van der Waals surface area (Å²) in [5, 5.41) is 0. The van der Waals surface area contributed by atoms with Crippen molar-refractivity contribution in [3.63, 3.8) is 0 Å². The molecule has 3 nitrogen and oxygen atoms in total. The van der Waals surface area contributed by atoms with Crippen molar-refractivity contribution in [1.29, 1.82) is 0 Å². The fraction of sp³-hybridized carbons (Fsp3) is 0.480. The number of hydrogen-bond donors (Lipinski definition) is 0. The van der Waals surface area contributed by atoms with Gasteiger partial charge in [-0.3, -0.25) is 4.79 Å². The van der Waals surface area contributed by atoms with Crippen molar-refractivity contribution in [3.8, 4) is 11.5 Å². The molecule has 0 aliphatic rings. The fourth-order valence-electron chi connectivity index (χ4n) is 2.98. The lowest BCUT2D eigenvalue weighted by Crippen LogP contribution is -2.27. The van der Waals surface area contributed by atoms with E-state index in [1.807, 2.05) is 26.0 Å². The molecule has 0 heterocycles. The highest BCUT2D eigenvalue weighted by Gasteiger charge is 2.27. The summed E-state index contributed by atoms with van der Waals surface area (Å²) < 4.78 is 11.5. The van der Waals surface area contributed by atoms with Crippen molar-refractivity contribution in [2.24, 2.45) is 5.92 Å². The third-order valence-electron chi connectivity index (χ3n) is 5.63. The van der Waals surface area contributed by atoms with Crippen LogP contribution in [0, 0.1) is 5.92 Å². The summed E-state index contributed by atoms with van der Waals surface area (Å²) >= 11 is 0. The van der Waals surface area contributed by atoms with E-state index >= 15 is 0 Å². The first-order chi connectivity index (χ1) is 13.1. The molecule has 0 N–H and O–H groups in total. The Kier molecular flexibility index (Phi) is 6.92. The average Bonchev–Trinajstić information content (AvgIpc) is 2.68. The molecule has 2 aromatic carbocycles. The second kappa shape index (κ2) is 8.81. The van der Waals surface area contributed by atoms with Gasteiger partial charge in [0, 0.05) is 5.41 Å². The molecule has 0 saturated heterocycles. The van der Waals surface area contributed by atoms with Crippen molar-refractivity contribution < 1.29 is 14.3 Å². The number of carbonyl (C=O) groups is 1.